The lowest BCUT2D eigenvalue weighted by Crippen LogP contribution is -2.29. The van der Waals surface area contributed by atoms with Gasteiger partial charge in [0, 0.05) is 24.4 Å². The van der Waals surface area contributed by atoms with Gasteiger partial charge >= 0.3 is 0 Å². The largest absolute Gasteiger partial charge is 0.439 e. The maximum absolute atomic E-state index is 13.3. The Kier molecular flexibility index (Phi) is 5.73. The van der Waals surface area contributed by atoms with Gasteiger partial charge in [0.2, 0.25) is 5.88 Å². The fourth-order valence-corrected chi connectivity index (χ4v) is 2.37. The second-order valence-electron chi connectivity index (χ2n) is 5.68. The van der Waals surface area contributed by atoms with Gasteiger partial charge in [-0.25, -0.2) is 13.8 Å². The van der Waals surface area contributed by atoms with Crippen LogP contribution in [0.15, 0.2) is 66.9 Å². The Hall–Kier alpha value is -3.32. The number of hydrogen-bond donors (Lipinski definition) is 2. The predicted molar refractivity (Wildman–Crippen MR) is 93.9 cm³/mol. The number of aliphatic hydroxyl groups excluding tert-OH is 1. The molecule has 1 atom stereocenters. The van der Waals surface area contributed by atoms with E-state index in [4.69, 9.17) is 4.74 Å². The molecule has 2 aromatic carbocycles. The standard InChI is InChI=1S/C20H16F2N2O3/c21-16-9-8-15(11-17(16)22)27-20-14(7-4-10-23-20)12-24-19(26)18(25)13-5-2-1-3-6-13/h1-11,18,25H,12H2,(H,24,26)/t18-/m0/s1. The number of benzene rings is 2. The van der Waals surface area contributed by atoms with E-state index < -0.39 is 23.6 Å². The van der Waals surface area contributed by atoms with Crippen LogP contribution in [0, 0.1) is 11.6 Å². The van der Waals surface area contributed by atoms with E-state index in [9.17, 15) is 18.7 Å². The van der Waals surface area contributed by atoms with Crippen LogP contribution in [-0.4, -0.2) is 16.0 Å². The molecule has 0 radical (unpaired) electrons. The Labute approximate surface area is 154 Å². The van der Waals surface area contributed by atoms with Crippen LogP contribution in [-0.2, 0) is 11.3 Å². The smallest absolute Gasteiger partial charge is 0.253 e. The molecule has 0 saturated carbocycles. The number of aromatic nitrogens is 1. The highest BCUT2D eigenvalue weighted by Gasteiger charge is 2.17. The third kappa shape index (κ3) is 4.65. The van der Waals surface area contributed by atoms with Crippen molar-refractivity contribution >= 4 is 5.91 Å². The summed E-state index contributed by atoms with van der Waals surface area (Å²) < 4.78 is 31.8. The number of rotatable bonds is 6. The van der Waals surface area contributed by atoms with E-state index >= 15 is 0 Å². The van der Waals surface area contributed by atoms with E-state index in [1.807, 2.05) is 0 Å². The summed E-state index contributed by atoms with van der Waals surface area (Å²) in [5.41, 5.74) is 0.982. The molecule has 0 aliphatic carbocycles. The second kappa shape index (κ2) is 8.37. The topological polar surface area (TPSA) is 71.5 Å². The van der Waals surface area contributed by atoms with Crippen LogP contribution in [0.3, 0.4) is 0 Å². The maximum Gasteiger partial charge on any atom is 0.253 e. The lowest BCUT2D eigenvalue weighted by Gasteiger charge is -2.13. The van der Waals surface area contributed by atoms with Gasteiger partial charge in [0.15, 0.2) is 17.7 Å². The fourth-order valence-electron chi connectivity index (χ4n) is 2.37. The molecule has 3 aromatic rings. The molecule has 138 valence electrons. The van der Waals surface area contributed by atoms with Crippen LogP contribution in [0.1, 0.15) is 17.2 Å². The molecule has 1 heterocycles. The predicted octanol–water partition coefficient (Wildman–Crippen LogP) is 3.50. The molecule has 0 saturated heterocycles. The number of amides is 1. The van der Waals surface area contributed by atoms with Gasteiger partial charge in [0.1, 0.15) is 5.75 Å². The van der Waals surface area contributed by atoms with Gasteiger partial charge in [-0.1, -0.05) is 36.4 Å². The molecule has 0 aliphatic heterocycles. The molecule has 5 nitrogen and oxygen atoms in total. The summed E-state index contributed by atoms with van der Waals surface area (Å²) in [4.78, 5) is 16.2. The van der Waals surface area contributed by atoms with Gasteiger partial charge in [-0.2, -0.15) is 0 Å². The lowest BCUT2D eigenvalue weighted by molar-refractivity contribution is -0.129. The van der Waals surface area contributed by atoms with Crippen molar-refractivity contribution in [2.24, 2.45) is 0 Å². The Morgan fingerprint density at radius 2 is 1.85 bits per heavy atom. The summed E-state index contributed by atoms with van der Waals surface area (Å²) in [6, 6.07) is 15.0. The SMILES string of the molecule is O=C(NCc1cccnc1Oc1ccc(F)c(F)c1)[C@@H](O)c1ccccc1. The number of carbonyl (C=O) groups excluding carboxylic acids is 1. The molecular weight excluding hydrogens is 354 g/mol. The Bertz CT molecular complexity index is 936. The first-order chi connectivity index (χ1) is 13.0. The molecule has 3 rings (SSSR count). The van der Waals surface area contributed by atoms with Gasteiger partial charge in [0.25, 0.3) is 5.91 Å². The molecule has 0 unspecified atom stereocenters. The maximum atomic E-state index is 13.3. The van der Waals surface area contributed by atoms with E-state index in [-0.39, 0.29) is 18.2 Å². The minimum absolute atomic E-state index is 0.0373. The number of hydrogen-bond acceptors (Lipinski definition) is 4. The van der Waals surface area contributed by atoms with Crippen LogP contribution in [0.25, 0.3) is 0 Å². The molecule has 0 aliphatic rings. The average molecular weight is 370 g/mol. The van der Waals surface area contributed by atoms with Crippen LogP contribution in [0.5, 0.6) is 11.6 Å². The molecular formula is C20H16F2N2O3. The molecule has 7 heteroatoms. The van der Waals surface area contributed by atoms with Gasteiger partial charge < -0.3 is 15.2 Å². The average Bonchev–Trinajstić information content (AvgIpc) is 2.70. The zero-order chi connectivity index (χ0) is 19.2. The van der Waals surface area contributed by atoms with E-state index in [1.165, 1.54) is 12.3 Å². The molecule has 2 N–H and O–H groups in total. The number of carbonyl (C=O) groups is 1. The second-order valence-corrected chi connectivity index (χ2v) is 5.68. The summed E-state index contributed by atoms with van der Waals surface area (Å²) in [7, 11) is 0. The number of nitrogens with zero attached hydrogens (tertiary/aromatic N) is 1. The quantitative estimate of drug-likeness (QED) is 0.697. The van der Waals surface area contributed by atoms with Crippen molar-refractivity contribution in [1.82, 2.24) is 10.3 Å². The summed E-state index contributed by atoms with van der Waals surface area (Å²) in [5.74, 6) is -2.39. The number of halogens is 2. The summed E-state index contributed by atoms with van der Waals surface area (Å²) in [6.45, 7) is 0.0373. The summed E-state index contributed by atoms with van der Waals surface area (Å²) in [5, 5.41) is 12.7. The zero-order valence-electron chi connectivity index (χ0n) is 14.1. The van der Waals surface area contributed by atoms with E-state index in [2.05, 4.69) is 10.3 Å². The number of ether oxygens (including phenoxy) is 1. The Balaban J connectivity index is 1.69. The zero-order valence-corrected chi connectivity index (χ0v) is 14.1. The summed E-state index contributed by atoms with van der Waals surface area (Å²) in [6.07, 6.45) is 0.165. The Morgan fingerprint density at radius 3 is 2.59 bits per heavy atom. The van der Waals surface area contributed by atoms with E-state index in [0.29, 0.717) is 11.1 Å². The Morgan fingerprint density at radius 1 is 1.07 bits per heavy atom. The molecule has 27 heavy (non-hydrogen) atoms. The molecule has 1 aromatic heterocycles. The van der Waals surface area contributed by atoms with E-state index in [1.54, 1.807) is 42.5 Å². The highest BCUT2D eigenvalue weighted by molar-refractivity contribution is 5.81. The van der Waals surface area contributed by atoms with Crippen molar-refractivity contribution in [2.75, 3.05) is 0 Å². The number of nitrogens with one attached hydrogen (secondary N) is 1. The van der Waals surface area contributed by atoms with Crippen LogP contribution < -0.4 is 10.1 Å². The minimum Gasteiger partial charge on any atom is -0.439 e. The third-order valence-corrected chi connectivity index (χ3v) is 3.77. The molecule has 0 bridgehead atoms. The van der Waals surface area contributed by atoms with Crippen molar-refractivity contribution < 1.29 is 23.4 Å². The van der Waals surface area contributed by atoms with Crippen LogP contribution >= 0.6 is 0 Å². The van der Waals surface area contributed by atoms with Crippen molar-refractivity contribution in [3.05, 3.63) is 89.6 Å². The van der Waals surface area contributed by atoms with Gasteiger partial charge in [-0.05, 0) is 23.8 Å². The van der Waals surface area contributed by atoms with Crippen molar-refractivity contribution in [1.29, 1.82) is 0 Å². The van der Waals surface area contributed by atoms with Gasteiger partial charge in [-0.3, -0.25) is 4.79 Å². The monoisotopic (exact) mass is 370 g/mol. The van der Waals surface area contributed by atoms with Crippen molar-refractivity contribution in [2.45, 2.75) is 12.6 Å². The number of pyridine rings is 1. The first-order valence-corrected chi connectivity index (χ1v) is 8.12. The fraction of sp³-hybridized carbons (Fsp3) is 0.100. The minimum atomic E-state index is -1.31. The highest BCUT2D eigenvalue weighted by atomic mass is 19.2. The van der Waals surface area contributed by atoms with Gasteiger partial charge in [0.05, 0.1) is 0 Å². The first kappa shape index (κ1) is 18.5. The summed E-state index contributed by atoms with van der Waals surface area (Å²) >= 11 is 0. The van der Waals surface area contributed by atoms with Crippen molar-refractivity contribution in [3.63, 3.8) is 0 Å². The molecule has 0 spiro atoms. The van der Waals surface area contributed by atoms with E-state index in [0.717, 1.165) is 12.1 Å². The first-order valence-electron chi connectivity index (χ1n) is 8.12. The molecule has 1 amide bonds. The third-order valence-electron chi connectivity index (χ3n) is 3.77. The van der Waals surface area contributed by atoms with Crippen molar-refractivity contribution in [3.8, 4) is 11.6 Å². The lowest BCUT2D eigenvalue weighted by atomic mass is 10.1. The highest BCUT2D eigenvalue weighted by Crippen LogP contribution is 2.24. The molecule has 0 fully saturated rings. The number of aliphatic hydroxyl groups is 1. The normalized spacial score (nSPS) is 11.7. The van der Waals surface area contributed by atoms with Gasteiger partial charge in [-0.15, -0.1) is 0 Å². The van der Waals surface area contributed by atoms with Crippen LogP contribution in [0.4, 0.5) is 8.78 Å². The van der Waals surface area contributed by atoms with Crippen LogP contribution in [0.2, 0.25) is 0 Å².